The fourth-order valence-corrected chi connectivity index (χ4v) is 4.53. The first-order chi connectivity index (χ1) is 11.6. The second-order valence-corrected chi connectivity index (χ2v) is 7.25. The van der Waals surface area contributed by atoms with Crippen LogP contribution in [-0.2, 0) is 11.3 Å². The number of aromatic nitrogens is 2. The topological polar surface area (TPSA) is 64.2 Å². The normalized spacial score (nSPS) is 27.1. The third-order valence-electron chi connectivity index (χ3n) is 5.74. The van der Waals surface area contributed by atoms with Gasteiger partial charge >= 0.3 is 0 Å². The van der Waals surface area contributed by atoms with Crippen LogP contribution in [0.25, 0.3) is 5.69 Å². The maximum absolute atomic E-state index is 12.9. The molecule has 4 rings (SSSR count). The number of amides is 1. The molecule has 1 heterocycles. The highest BCUT2D eigenvalue weighted by Crippen LogP contribution is 2.48. The average molecular weight is 361 g/mol. The molecule has 0 saturated heterocycles. The van der Waals surface area contributed by atoms with E-state index in [2.05, 4.69) is 17.2 Å². The van der Waals surface area contributed by atoms with Crippen molar-refractivity contribution in [2.24, 2.45) is 23.5 Å². The summed E-state index contributed by atoms with van der Waals surface area (Å²) in [6.07, 6.45) is 7.18. The van der Waals surface area contributed by atoms with Crippen LogP contribution in [0.2, 0.25) is 0 Å². The highest BCUT2D eigenvalue weighted by molar-refractivity contribution is 5.85. The molecule has 2 aliphatic rings. The van der Waals surface area contributed by atoms with Crippen LogP contribution in [0.3, 0.4) is 0 Å². The lowest BCUT2D eigenvalue weighted by atomic mass is 9.84. The van der Waals surface area contributed by atoms with Gasteiger partial charge in [-0.2, -0.15) is 5.10 Å². The molecule has 134 valence electrons. The van der Waals surface area contributed by atoms with Crippen LogP contribution in [0.1, 0.15) is 24.8 Å². The third kappa shape index (κ3) is 3.31. The van der Waals surface area contributed by atoms with Gasteiger partial charge in [0.05, 0.1) is 11.6 Å². The average Bonchev–Trinajstić information content (AvgIpc) is 3.32. The summed E-state index contributed by atoms with van der Waals surface area (Å²) in [6, 6.07) is 10.1. The lowest BCUT2D eigenvalue weighted by Crippen LogP contribution is -2.45. The first-order valence-electron chi connectivity index (χ1n) is 8.73. The maximum Gasteiger partial charge on any atom is 0.227 e. The molecule has 5 nitrogen and oxygen atoms in total. The zero-order valence-electron chi connectivity index (χ0n) is 14.4. The molecule has 2 fully saturated rings. The molecule has 2 saturated carbocycles. The summed E-state index contributed by atoms with van der Waals surface area (Å²) in [6.45, 7) is 0.606. The number of rotatable bonds is 4. The minimum Gasteiger partial charge on any atom is -0.341 e. The van der Waals surface area contributed by atoms with Crippen molar-refractivity contribution < 1.29 is 4.79 Å². The van der Waals surface area contributed by atoms with Crippen molar-refractivity contribution in [3.63, 3.8) is 0 Å². The Bertz CT molecular complexity index is 731. The Balaban J connectivity index is 0.00000182. The first-order valence-corrected chi connectivity index (χ1v) is 8.73. The second-order valence-electron chi connectivity index (χ2n) is 7.25. The monoisotopic (exact) mass is 360 g/mol. The Hall–Kier alpha value is -1.85. The van der Waals surface area contributed by atoms with Gasteiger partial charge in [0.2, 0.25) is 5.91 Å². The molecule has 0 spiro atoms. The molecule has 2 aliphatic carbocycles. The van der Waals surface area contributed by atoms with E-state index in [1.54, 1.807) is 6.20 Å². The number of halogens is 1. The molecule has 1 aromatic carbocycles. The van der Waals surface area contributed by atoms with Crippen LogP contribution in [0.15, 0.2) is 42.7 Å². The van der Waals surface area contributed by atoms with Crippen LogP contribution in [0, 0.1) is 17.8 Å². The van der Waals surface area contributed by atoms with Gasteiger partial charge in [-0.1, -0.05) is 12.1 Å². The molecule has 1 aromatic heterocycles. The summed E-state index contributed by atoms with van der Waals surface area (Å²) in [7, 11) is 1.89. The number of fused-ring (bicyclic) bond motifs is 2. The van der Waals surface area contributed by atoms with Crippen LogP contribution in [-0.4, -0.2) is 33.7 Å². The minimum absolute atomic E-state index is 0. The molecular weight excluding hydrogens is 336 g/mol. The van der Waals surface area contributed by atoms with Gasteiger partial charge in [-0.3, -0.25) is 4.79 Å². The van der Waals surface area contributed by atoms with Gasteiger partial charge in [0.15, 0.2) is 0 Å². The number of benzene rings is 1. The third-order valence-corrected chi connectivity index (χ3v) is 5.74. The molecule has 2 bridgehead atoms. The van der Waals surface area contributed by atoms with Crippen molar-refractivity contribution in [3.05, 3.63) is 48.3 Å². The number of carbonyl (C=O) groups excluding carboxylic acids is 1. The fourth-order valence-electron chi connectivity index (χ4n) is 4.53. The van der Waals surface area contributed by atoms with E-state index in [9.17, 15) is 4.79 Å². The number of nitrogens with two attached hydrogens (primary N) is 1. The van der Waals surface area contributed by atoms with Crippen molar-refractivity contribution >= 4 is 18.3 Å². The molecule has 4 atom stereocenters. The van der Waals surface area contributed by atoms with Crippen molar-refractivity contribution in [3.8, 4) is 5.69 Å². The Labute approximate surface area is 154 Å². The summed E-state index contributed by atoms with van der Waals surface area (Å²) >= 11 is 0. The summed E-state index contributed by atoms with van der Waals surface area (Å²) in [5.74, 6) is 1.28. The molecule has 0 radical (unpaired) electrons. The Morgan fingerprint density at radius 3 is 2.80 bits per heavy atom. The van der Waals surface area contributed by atoms with E-state index in [0.29, 0.717) is 18.4 Å². The van der Waals surface area contributed by atoms with Crippen LogP contribution >= 0.6 is 12.4 Å². The Morgan fingerprint density at radius 2 is 2.12 bits per heavy atom. The Kier molecular flexibility index (Phi) is 5.16. The van der Waals surface area contributed by atoms with Gasteiger partial charge < -0.3 is 10.6 Å². The Morgan fingerprint density at radius 1 is 1.32 bits per heavy atom. The van der Waals surface area contributed by atoms with Gasteiger partial charge in [0.25, 0.3) is 0 Å². The van der Waals surface area contributed by atoms with Gasteiger partial charge in [0, 0.05) is 32.0 Å². The van der Waals surface area contributed by atoms with Gasteiger partial charge in [0.1, 0.15) is 0 Å². The summed E-state index contributed by atoms with van der Waals surface area (Å²) in [4.78, 5) is 14.7. The van der Waals surface area contributed by atoms with Gasteiger partial charge in [-0.15, -0.1) is 12.4 Å². The molecular formula is C19H25ClN4O. The maximum atomic E-state index is 12.9. The zero-order valence-corrected chi connectivity index (χ0v) is 15.2. The molecule has 0 unspecified atom stereocenters. The van der Waals surface area contributed by atoms with Crippen molar-refractivity contribution in [2.45, 2.75) is 31.8 Å². The first kappa shape index (κ1) is 18.0. The molecule has 2 N–H and O–H groups in total. The van der Waals surface area contributed by atoms with E-state index in [1.807, 2.05) is 41.0 Å². The van der Waals surface area contributed by atoms with E-state index in [-0.39, 0.29) is 30.3 Å². The van der Waals surface area contributed by atoms with E-state index in [4.69, 9.17) is 5.73 Å². The van der Waals surface area contributed by atoms with Crippen molar-refractivity contribution in [1.82, 2.24) is 14.7 Å². The second kappa shape index (κ2) is 7.18. The standard InChI is InChI=1S/C19H24N4O.ClH/c1-22(19(24)17-14-6-7-15(11-14)18(17)20)12-13-4-2-5-16(10-13)23-9-3-8-21-23;/h2-5,8-10,14-15,17-18H,6-7,11-12,20H2,1H3;1H/t14-,15+,17-,18+;/m1./s1. The highest BCUT2D eigenvalue weighted by atomic mass is 35.5. The van der Waals surface area contributed by atoms with Crippen molar-refractivity contribution in [2.75, 3.05) is 7.05 Å². The number of hydrogen-bond donors (Lipinski definition) is 1. The molecule has 6 heteroatoms. The van der Waals surface area contributed by atoms with E-state index in [0.717, 1.165) is 24.1 Å². The molecule has 2 aromatic rings. The number of hydrogen-bond acceptors (Lipinski definition) is 3. The van der Waals surface area contributed by atoms with Crippen LogP contribution < -0.4 is 5.73 Å². The smallest absolute Gasteiger partial charge is 0.227 e. The molecule has 1 amide bonds. The summed E-state index contributed by atoms with van der Waals surface area (Å²) in [5, 5.41) is 4.26. The summed E-state index contributed by atoms with van der Waals surface area (Å²) < 4.78 is 1.83. The van der Waals surface area contributed by atoms with Crippen molar-refractivity contribution in [1.29, 1.82) is 0 Å². The van der Waals surface area contributed by atoms with Crippen LogP contribution in [0.4, 0.5) is 0 Å². The quantitative estimate of drug-likeness (QED) is 0.911. The predicted octanol–water partition coefficient (Wildman–Crippen LogP) is 2.63. The van der Waals surface area contributed by atoms with E-state index >= 15 is 0 Å². The van der Waals surface area contributed by atoms with E-state index < -0.39 is 0 Å². The molecule has 25 heavy (non-hydrogen) atoms. The number of carbonyl (C=O) groups is 1. The zero-order chi connectivity index (χ0) is 16.7. The highest BCUT2D eigenvalue weighted by Gasteiger charge is 2.49. The lowest BCUT2D eigenvalue weighted by molar-refractivity contribution is -0.137. The predicted molar refractivity (Wildman–Crippen MR) is 99.6 cm³/mol. The SMILES string of the molecule is CN(Cc1cccc(-n2cccn2)c1)C(=O)[C@@H]1[C@@H]2CC[C@@H](C2)[C@@H]1N.Cl. The minimum atomic E-state index is 0. The van der Waals surface area contributed by atoms with Crippen LogP contribution in [0.5, 0.6) is 0 Å². The fraction of sp³-hybridized carbons (Fsp3) is 0.474. The summed E-state index contributed by atoms with van der Waals surface area (Å²) in [5.41, 5.74) is 8.44. The van der Waals surface area contributed by atoms with Gasteiger partial charge in [-0.25, -0.2) is 4.68 Å². The van der Waals surface area contributed by atoms with Gasteiger partial charge in [-0.05, 0) is 54.9 Å². The van der Waals surface area contributed by atoms with E-state index in [1.165, 1.54) is 6.42 Å². The number of nitrogens with zero attached hydrogens (tertiary/aromatic N) is 3. The largest absolute Gasteiger partial charge is 0.341 e. The molecule has 0 aliphatic heterocycles. The lowest BCUT2D eigenvalue weighted by Gasteiger charge is -2.31.